The second kappa shape index (κ2) is 6.07. The van der Waals surface area contributed by atoms with Crippen LogP contribution in [0, 0.1) is 11.3 Å². The molecule has 0 atom stereocenters. The molecule has 0 amide bonds. The highest BCUT2D eigenvalue weighted by atomic mass is 35.5. The number of rotatable bonds is 3. The highest BCUT2D eigenvalue weighted by Gasteiger charge is 2.17. The zero-order chi connectivity index (χ0) is 16.4. The van der Waals surface area contributed by atoms with Gasteiger partial charge in [-0.2, -0.15) is 15.0 Å². The first-order valence-corrected chi connectivity index (χ1v) is 7.39. The molecule has 1 aromatic carbocycles. The Morgan fingerprint density at radius 1 is 1.26 bits per heavy atom. The van der Waals surface area contributed by atoms with E-state index in [1.165, 1.54) is 4.68 Å². The van der Waals surface area contributed by atoms with Crippen molar-refractivity contribution in [3.63, 3.8) is 0 Å². The van der Waals surface area contributed by atoms with Gasteiger partial charge in [0.25, 0.3) is 0 Å². The number of hydrogen-bond acceptors (Lipinski definition) is 5. The van der Waals surface area contributed by atoms with Crippen LogP contribution in [-0.4, -0.2) is 19.7 Å². The van der Waals surface area contributed by atoms with Gasteiger partial charge in [-0.1, -0.05) is 48.9 Å². The fraction of sp³-hybridized carbons (Fsp3) is 0.125. The maximum Gasteiger partial charge on any atom is 0.163 e. The van der Waals surface area contributed by atoms with Crippen molar-refractivity contribution in [1.82, 2.24) is 19.7 Å². The summed E-state index contributed by atoms with van der Waals surface area (Å²) in [5.41, 5.74) is 7.86. The topological polar surface area (TPSA) is 93.4 Å². The lowest BCUT2D eigenvalue weighted by molar-refractivity contribution is 0.820. The Morgan fingerprint density at radius 2 is 2.00 bits per heavy atom. The van der Waals surface area contributed by atoms with Crippen LogP contribution in [0.2, 0.25) is 5.15 Å². The summed E-state index contributed by atoms with van der Waals surface area (Å²) in [5.74, 6) is 1.15. The minimum absolute atomic E-state index is 0.248. The zero-order valence-electron chi connectivity index (χ0n) is 12.4. The molecule has 0 saturated heterocycles. The van der Waals surface area contributed by atoms with Crippen molar-refractivity contribution in [3.8, 4) is 23.3 Å². The minimum Gasteiger partial charge on any atom is -0.382 e. The summed E-state index contributed by atoms with van der Waals surface area (Å²) in [6.45, 7) is 1.91. The van der Waals surface area contributed by atoms with Gasteiger partial charge in [0.15, 0.2) is 11.6 Å². The highest BCUT2D eigenvalue weighted by Crippen LogP contribution is 2.24. The lowest BCUT2D eigenvalue weighted by atomic mass is 10.2. The molecule has 0 aliphatic carbocycles. The third-order valence-electron chi connectivity index (χ3n) is 3.37. The fourth-order valence-electron chi connectivity index (χ4n) is 2.25. The molecule has 0 radical (unpaired) electrons. The summed E-state index contributed by atoms with van der Waals surface area (Å²) < 4.78 is 1.43. The summed E-state index contributed by atoms with van der Waals surface area (Å²) in [7, 11) is 0. The first kappa shape index (κ1) is 15.0. The van der Waals surface area contributed by atoms with Gasteiger partial charge in [0.05, 0.1) is 5.69 Å². The van der Waals surface area contributed by atoms with Crippen LogP contribution in [0.25, 0.3) is 17.2 Å². The Hall–Kier alpha value is -2.91. The maximum atomic E-state index is 9.24. The quantitative estimate of drug-likeness (QED) is 0.747. The van der Waals surface area contributed by atoms with Gasteiger partial charge in [-0.25, -0.2) is 9.97 Å². The van der Waals surface area contributed by atoms with E-state index in [1.807, 2.05) is 37.3 Å². The second-order valence-corrected chi connectivity index (χ2v) is 5.21. The molecule has 2 N–H and O–H groups in total. The standard InChI is InChI=1S/C16H13ClN6/c1-2-12-11(9-18)15(19)23(22-12)14-8-13(17)20-16(21-14)10-6-4-3-5-7-10/h3-8H,2,19H2,1H3. The molecule has 0 bridgehead atoms. The van der Waals surface area contributed by atoms with Crippen molar-refractivity contribution >= 4 is 17.4 Å². The molecule has 0 saturated carbocycles. The Labute approximate surface area is 138 Å². The fourth-order valence-corrected chi connectivity index (χ4v) is 2.43. The van der Waals surface area contributed by atoms with E-state index in [9.17, 15) is 5.26 Å². The number of nitrogen functional groups attached to an aromatic ring is 1. The van der Waals surface area contributed by atoms with E-state index in [1.54, 1.807) is 6.07 Å². The smallest absolute Gasteiger partial charge is 0.163 e. The summed E-state index contributed by atoms with van der Waals surface area (Å²) in [6, 6.07) is 13.1. The van der Waals surface area contributed by atoms with Gasteiger partial charge in [-0.3, -0.25) is 0 Å². The summed E-state index contributed by atoms with van der Waals surface area (Å²) in [4.78, 5) is 8.71. The van der Waals surface area contributed by atoms with E-state index >= 15 is 0 Å². The number of benzene rings is 1. The van der Waals surface area contributed by atoms with Crippen LogP contribution in [0.4, 0.5) is 5.82 Å². The lowest BCUT2D eigenvalue weighted by Crippen LogP contribution is -2.06. The SMILES string of the molecule is CCc1nn(-c2cc(Cl)nc(-c3ccccc3)n2)c(N)c1C#N. The largest absolute Gasteiger partial charge is 0.382 e. The van der Waals surface area contributed by atoms with Crippen LogP contribution in [0.1, 0.15) is 18.2 Å². The molecule has 114 valence electrons. The Bertz CT molecular complexity index is 895. The van der Waals surface area contributed by atoms with Gasteiger partial charge in [-0.05, 0) is 6.42 Å². The minimum atomic E-state index is 0.248. The number of nitrogens with zero attached hydrogens (tertiary/aromatic N) is 5. The molecule has 0 unspecified atom stereocenters. The number of halogens is 1. The molecule has 0 fully saturated rings. The van der Waals surface area contributed by atoms with E-state index in [2.05, 4.69) is 21.1 Å². The van der Waals surface area contributed by atoms with Gasteiger partial charge in [0, 0.05) is 11.6 Å². The molecule has 3 aromatic rings. The first-order valence-electron chi connectivity index (χ1n) is 7.02. The van der Waals surface area contributed by atoms with Crippen LogP contribution in [0.15, 0.2) is 36.4 Å². The van der Waals surface area contributed by atoms with Crippen molar-refractivity contribution < 1.29 is 0 Å². The number of aryl methyl sites for hydroxylation is 1. The van der Waals surface area contributed by atoms with Crippen molar-refractivity contribution in [3.05, 3.63) is 52.8 Å². The van der Waals surface area contributed by atoms with Gasteiger partial charge in [0.1, 0.15) is 22.6 Å². The van der Waals surface area contributed by atoms with Crippen molar-refractivity contribution in [2.75, 3.05) is 5.73 Å². The summed E-state index contributed by atoms with van der Waals surface area (Å²) in [5, 5.41) is 13.9. The number of hydrogen-bond donors (Lipinski definition) is 1. The number of nitriles is 1. The van der Waals surface area contributed by atoms with Gasteiger partial charge in [-0.15, -0.1) is 0 Å². The van der Waals surface area contributed by atoms with Crippen LogP contribution >= 0.6 is 11.6 Å². The molecule has 3 rings (SSSR count). The average molecular weight is 325 g/mol. The molecule has 0 aliphatic heterocycles. The number of aromatic nitrogens is 4. The monoisotopic (exact) mass is 324 g/mol. The third kappa shape index (κ3) is 2.74. The molecule has 23 heavy (non-hydrogen) atoms. The maximum absolute atomic E-state index is 9.24. The van der Waals surface area contributed by atoms with E-state index in [-0.39, 0.29) is 11.0 Å². The van der Waals surface area contributed by atoms with Crippen LogP contribution in [0.3, 0.4) is 0 Å². The zero-order valence-corrected chi connectivity index (χ0v) is 13.1. The van der Waals surface area contributed by atoms with Crippen LogP contribution in [0.5, 0.6) is 0 Å². The van der Waals surface area contributed by atoms with Crippen molar-refractivity contribution in [2.24, 2.45) is 0 Å². The normalized spacial score (nSPS) is 10.5. The van der Waals surface area contributed by atoms with E-state index in [0.29, 0.717) is 29.3 Å². The Morgan fingerprint density at radius 3 is 2.61 bits per heavy atom. The predicted octanol–water partition coefficient (Wildman–Crippen LogP) is 3.00. The number of anilines is 1. The molecule has 0 spiro atoms. The van der Waals surface area contributed by atoms with Crippen molar-refractivity contribution in [1.29, 1.82) is 5.26 Å². The van der Waals surface area contributed by atoms with Gasteiger partial charge in [0.2, 0.25) is 0 Å². The Balaban J connectivity index is 2.17. The molecule has 2 aromatic heterocycles. The average Bonchev–Trinajstić information content (AvgIpc) is 2.91. The predicted molar refractivity (Wildman–Crippen MR) is 88.1 cm³/mol. The van der Waals surface area contributed by atoms with E-state index in [0.717, 1.165) is 5.56 Å². The third-order valence-corrected chi connectivity index (χ3v) is 3.56. The van der Waals surface area contributed by atoms with Gasteiger partial charge >= 0.3 is 0 Å². The molecular weight excluding hydrogens is 312 g/mol. The Kier molecular flexibility index (Phi) is 3.96. The molecular formula is C16H13ClN6. The summed E-state index contributed by atoms with van der Waals surface area (Å²) in [6.07, 6.45) is 0.602. The lowest BCUT2D eigenvalue weighted by Gasteiger charge is -2.06. The molecule has 6 nitrogen and oxygen atoms in total. The van der Waals surface area contributed by atoms with E-state index < -0.39 is 0 Å². The van der Waals surface area contributed by atoms with Crippen LogP contribution in [-0.2, 0) is 6.42 Å². The van der Waals surface area contributed by atoms with E-state index in [4.69, 9.17) is 17.3 Å². The first-order chi connectivity index (χ1) is 11.1. The number of nitrogens with two attached hydrogens (primary N) is 1. The highest BCUT2D eigenvalue weighted by molar-refractivity contribution is 6.29. The van der Waals surface area contributed by atoms with Crippen molar-refractivity contribution in [2.45, 2.75) is 13.3 Å². The van der Waals surface area contributed by atoms with Crippen LogP contribution < -0.4 is 5.73 Å². The van der Waals surface area contributed by atoms with Gasteiger partial charge < -0.3 is 5.73 Å². The molecule has 2 heterocycles. The summed E-state index contributed by atoms with van der Waals surface area (Å²) >= 11 is 6.12. The second-order valence-electron chi connectivity index (χ2n) is 4.82. The molecule has 0 aliphatic rings. The molecule has 7 heteroatoms.